The molecule has 0 unspecified atom stereocenters. The van der Waals surface area contributed by atoms with Gasteiger partial charge in [-0.25, -0.2) is 4.39 Å². The molecule has 0 saturated carbocycles. The van der Waals surface area contributed by atoms with Gasteiger partial charge in [-0.1, -0.05) is 17.3 Å². The fourth-order valence-corrected chi connectivity index (χ4v) is 2.03. The Bertz CT molecular complexity index is 755. The van der Waals surface area contributed by atoms with Crippen molar-refractivity contribution in [1.29, 1.82) is 0 Å². The molecule has 0 aliphatic heterocycles. The minimum Gasteiger partial charge on any atom is -0.481 e. The number of aliphatic carboxylic acids is 1. The maximum absolute atomic E-state index is 12.8. The molecule has 0 heterocycles. The Morgan fingerprint density at radius 1 is 0.958 bits per heavy atom. The van der Waals surface area contributed by atoms with Crippen molar-refractivity contribution in [3.8, 4) is 0 Å². The van der Waals surface area contributed by atoms with Crippen molar-refractivity contribution in [3.63, 3.8) is 0 Å². The van der Waals surface area contributed by atoms with Gasteiger partial charge in [0.15, 0.2) is 0 Å². The van der Waals surface area contributed by atoms with Crippen LogP contribution in [0, 0.1) is 5.82 Å². The van der Waals surface area contributed by atoms with E-state index in [2.05, 4.69) is 10.5 Å². The Morgan fingerprint density at radius 3 is 2.08 bits per heavy atom. The molecule has 0 radical (unpaired) electrons. The lowest BCUT2D eigenvalue weighted by atomic mass is 10.1. The van der Waals surface area contributed by atoms with Crippen LogP contribution < -0.4 is 5.32 Å². The summed E-state index contributed by atoms with van der Waals surface area (Å²) in [6, 6.07) is 11.6. The van der Waals surface area contributed by atoms with E-state index in [1.54, 1.807) is 24.3 Å². The van der Waals surface area contributed by atoms with Gasteiger partial charge in [0, 0.05) is 17.7 Å². The van der Waals surface area contributed by atoms with Gasteiger partial charge in [-0.05, 0) is 42.0 Å². The van der Waals surface area contributed by atoms with Crippen LogP contribution in [0.4, 0.5) is 10.1 Å². The summed E-state index contributed by atoms with van der Waals surface area (Å²) >= 11 is 0. The van der Waals surface area contributed by atoms with Crippen LogP contribution in [0.2, 0.25) is 0 Å². The number of nitrogens with zero attached hydrogens (tertiary/aromatic N) is 1. The van der Waals surface area contributed by atoms with Crippen LogP contribution in [0.1, 0.15) is 28.8 Å². The number of carbonyl (C=O) groups is 2. The molecule has 0 fully saturated rings. The van der Waals surface area contributed by atoms with E-state index in [0.717, 1.165) is 0 Å². The third-order valence-corrected chi connectivity index (χ3v) is 3.28. The monoisotopic (exact) mass is 330 g/mol. The van der Waals surface area contributed by atoms with Gasteiger partial charge in [0.1, 0.15) is 5.82 Å². The number of carboxylic acid groups (broad SMARTS) is 1. The van der Waals surface area contributed by atoms with Crippen LogP contribution in [-0.2, 0) is 4.79 Å². The summed E-state index contributed by atoms with van der Waals surface area (Å²) in [5.41, 5.74) is 1.62. The number of halogens is 1. The molecule has 2 aromatic rings. The molecule has 0 saturated heterocycles. The van der Waals surface area contributed by atoms with Crippen molar-refractivity contribution in [3.05, 3.63) is 65.5 Å². The molecule has 0 spiro atoms. The number of amides is 1. The van der Waals surface area contributed by atoms with Crippen LogP contribution in [0.5, 0.6) is 0 Å². The van der Waals surface area contributed by atoms with Crippen molar-refractivity contribution in [2.45, 2.75) is 12.8 Å². The van der Waals surface area contributed by atoms with Gasteiger partial charge < -0.3 is 15.6 Å². The summed E-state index contributed by atoms with van der Waals surface area (Å²) in [5.74, 6) is -1.79. The van der Waals surface area contributed by atoms with Crippen molar-refractivity contribution < 1.29 is 24.3 Å². The number of anilines is 1. The SMILES string of the molecule is O=C(O)CC/C(=N\O)c1ccc(NC(=O)c2ccc(F)cc2)cc1. The van der Waals surface area contributed by atoms with E-state index < -0.39 is 11.8 Å². The van der Waals surface area contributed by atoms with Gasteiger partial charge in [0.25, 0.3) is 5.91 Å². The third kappa shape index (κ3) is 4.64. The zero-order valence-electron chi connectivity index (χ0n) is 12.6. The van der Waals surface area contributed by atoms with Gasteiger partial charge in [-0.15, -0.1) is 0 Å². The van der Waals surface area contributed by atoms with Crippen molar-refractivity contribution in [2.24, 2.45) is 5.16 Å². The molecule has 0 aliphatic rings. The normalized spacial score (nSPS) is 11.1. The zero-order valence-corrected chi connectivity index (χ0v) is 12.6. The predicted molar refractivity (Wildman–Crippen MR) is 86.0 cm³/mol. The number of carboxylic acids is 1. The standard InChI is InChI=1S/C17H15FN2O4/c18-13-5-1-12(2-6-13)17(23)19-14-7-3-11(4-8-14)15(20-24)9-10-16(21)22/h1-8,24H,9-10H2,(H,19,23)(H,21,22)/b20-15+. The van der Waals surface area contributed by atoms with E-state index in [9.17, 15) is 14.0 Å². The first-order valence-corrected chi connectivity index (χ1v) is 7.09. The second kappa shape index (κ2) is 7.87. The summed E-state index contributed by atoms with van der Waals surface area (Å²) in [4.78, 5) is 22.6. The molecule has 2 aromatic carbocycles. The van der Waals surface area contributed by atoms with Crippen molar-refractivity contribution in [1.82, 2.24) is 0 Å². The van der Waals surface area contributed by atoms with E-state index in [4.69, 9.17) is 10.3 Å². The number of oxime groups is 1. The van der Waals surface area contributed by atoms with E-state index in [1.807, 2.05) is 0 Å². The molecule has 0 aliphatic carbocycles. The highest BCUT2D eigenvalue weighted by Gasteiger charge is 2.09. The molecule has 6 nitrogen and oxygen atoms in total. The summed E-state index contributed by atoms with van der Waals surface area (Å²) in [6.45, 7) is 0. The first kappa shape index (κ1) is 17.1. The molecule has 0 aromatic heterocycles. The van der Waals surface area contributed by atoms with E-state index in [0.29, 0.717) is 16.8 Å². The lowest BCUT2D eigenvalue weighted by Crippen LogP contribution is -2.12. The van der Waals surface area contributed by atoms with Crippen LogP contribution in [-0.4, -0.2) is 27.9 Å². The van der Waals surface area contributed by atoms with E-state index in [-0.39, 0.29) is 24.5 Å². The largest absolute Gasteiger partial charge is 0.481 e. The molecular formula is C17H15FN2O4. The quantitative estimate of drug-likeness (QED) is 0.430. The first-order valence-electron chi connectivity index (χ1n) is 7.09. The van der Waals surface area contributed by atoms with Crippen LogP contribution in [0.3, 0.4) is 0 Å². The number of benzene rings is 2. The Hall–Kier alpha value is -3.22. The topological polar surface area (TPSA) is 99.0 Å². The molecule has 3 N–H and O–H groups in total. The smallest absolute Gasteiger partial charge is 0.303 e. The summed E-state index contributed by atoms with van der Waals surface area (Å²) < 4.78 is 12.8. The maximum Gasteiger partial charge on any atom is 0.303 e. The van der Waals surface area contributed by atoms with Crippen molar-refractivity contribution in [2.75, 3.05) is 5.32 Å². The van der Waals surface area contributed by atoms with Crippen molar-refractivity contribution >= 4 is 23.3 Å². The number of carbonyl (C=O) groups excluding carboxylic acids is 1. The lowest BCUT2D eigenvalue weighted by molar-refractivity contribution is -0.136. The minimum absolute atomic E-state index is 0.0904. The number of hydrogen-bond acceptors (Lipinski definition) is 4. The second-order valence-corrected chi connectivity index (χ2v) is 4.98. The van der Waals surface area contributed by atoms with Crippen LogP contribution in [0.25, 0.3) is 0 Å². The number of hydrogen-bond donors (Lipinski definition) is 3. The van der Waals surface area contributed by atoms with Gasteiger partial charge in [-0.2, -0.15) is 0 Å². The molecule has 124 valence electrons. The predicted octanol–water partition coefficient (Wildman–Crippen LogP) is 3.12. The third-order valence-electron chi connectivity index (χ3n) is 3.28. The average molecular weight is 330 g/mol. The fourth-order valence-electron chi connectivity index (χ4n) is 2.03. The number of rotatable bonds is 6. The van der Waals surface area contributed by atoms with Gasteiger partial charge in [0.2, 0.25) is 0 Å². The average Bonchev–Trinajstić information content (AvgIpc) is 2.57. The highest BCUT2D eigenvalue weighted by atomic mass is 19.1. The van der Waals surface area contributed by atoms with Crippen LogP contribution in [0.15, 0.2) is 53.7 Å². The summed E-state index contributed by atoms with van der Waals surface area (Å²) in [5, 5.41) is 23.4. The highest BCUT2D eigenvalue weighted by molar-refractivity contribution is 6.05. The molecular weight excluding hydrogens is 315 g/mol. The van der Waals surface area contributed by atoms with E-state index >= 15 is 0 Å². The Morgan fingerprint density at radius 2 is 1.54 bits per heavy atom. The second-order valence-electron chi connectivity index (χ2n) is 4.98. The number of nitrogens with one attached hydrogen (secondary N) is 1. The molecule has 0 atom stereocenters. The summed E-state index contributed by atoms with van der Waals surface area (Å²) in [6.07, 6.45) is -0.0600. The van der Waals surface area contributed by atoms with Gasteiger partial charge in [0.05, 0.1) is 12.1 Å². The first-order chi connectivity index (χ1) is 11.5. The Labute approximate surface area is 137 Å². The van der Waals surface area contributed by atoms with E-state index in [1.165, 1.54) is 24.3 Å². The molecule has 24 heavy (non-hydrogen) atoms. The Balaban J connectivity index is 2.04. The molecule has 2 rings (SSSR count). The highest BCUT2D eigenvalue weighted by Crippen LogP contribution is 2.14. The van der Waals surface area contributed by atoms with Gasteiger partial charge >= 0.3 is 5.97 Å². The molecule has 0 bridgehead atoms. The zero-order chi connectivity index (χ0) is 17.5. The Kier molecular flexibility index (Phi) is 5.62. The maximum atomic E-state index is 12.8. The lowest BCUT2D eigenvalue weighted by Gasteiger charge is -2.07. The summed E-state index contributed by atoms with van der Waals surface area (Å²) in [7, 11) is 0. The molecule has 7 heteroatoms. The van der Waals surface area contributed by atoms with Crippen LogP contribution >= 0.6 is 0 Å². The van der Waals surface area contributed by atoms with Gasteiger partial charge in [-0.3, -0.25) is 9.59 Å². The fraction of sp³-hybridized carbons (Fsp3) is 0.118. The minimum atomic E-state index is -0.987. The molecule has 1 amide bonds.